The molecule has 250 valence electrons. The number of carbonyl (C=O) groups is 1. The zero-order valence-corrected chi connectivity index (χ0v) is 27.3. The standard InChI is InChI=1S/C34H50N8O4/c1-3-45-33(44)22-41(26-10-12-27(13-11-26)46-28-15-17-40(18-16-28)23(2)35)20-31-39-29-19-24(34(36)37)9-14-30(29)42(31)21-32(43)38-25-7-5-4-6-8-25/h10-13,19,25,28,32,35,38,43H,3-9,14-18,20-22H2,1-2H3,(H3,36,37). The van der Waals surface area contributed by atoms with E-state index < -0.39 is 6.23 Å². The minimum absolute atomic E-state index is 0.0322. The van der Waals surface area contributed by atoms with Gasteiger partial charge >= 0.3 is 5.97 Å². The van der Waals surface area contributed by atoms with E-state index in [1.807, 2.05) is 42.2 Å². The molecule has 46 heavy (non-hydrogen) atoms. The van der Waals surface area contributed by atoms with Crippen LogP contribution in [0.25, 0.3) is 6.08 Å². The zero-order valence-electron chi connectivity index (χ0n) is 27.3. The molecule has 0 bridgehead atoms. The molecule has 2 aromatic rings. The third-order valence-electron chi connectivity index (χ3n) is 9.24. The minimum Gasteiger partial charge on any atom is -0.490 e. The summed E-state index contributed by atoms with van der Waals surface area (Å²) >= 11 is 0. The van der Waals surface area contributed by atoms with Crippen LogP contribution < -0.4 is 20.7 Å². The lowest BCUT2D eigenvalue weighted by atomic mass is 9.95. The van der Waals surface area contributed by atoms with E-state index in [-0.39, 0.29) is 31.1 Å². The van der Waals surface area contributed by atoms with Gasteiger partial charge in [-0.25, -0.2) is 4.98 Å². The van der Waals surface area contributed by atoms with E-state index in [4.69, 9.17) is 31.0 Å². The number of imidazole rings is 1. The quantitative estimate of drug-likeness (QED) is 0.0954. The molecular weight excluding hydrogens is 584 g/mol. The predicted octanol–water partition coefficient (Wildman–Crippen LogP) is 3.80. The van der Waals surface area contributed by atoms with Crippen molar-refractivity contribution < 1.29 is 19.4 Å². The molecule has 1 aromatic carbocycles. The van der Waals surface area contributed by atoms with E-state index in [1.165, 1.54) is 19.3 Å². The lowest BCUT2D eigenvalue weighted by Crippen LogP contribution is -2.42. The SMILES string of the molecule is CCOC(=O)CN(Cc1nc2c(n1CC(O)NC1CCCCC1)CCC(C(=N)N)=C2)c1ccc(OC2CCN(C(C)=N)CC2)cc1. The lowest BCUT2D eigenvalue weighted by molar-refractivity contribution is -0.141. The van der Waals surface area contributed by atoms with Gasteiger partial charge in [-0.3, -0.25) is 20.9 Å². The van der Waals surface area contributed by atoms with E-state index in [0.29, 0.717) is 43.6 Å². The third kappa shape index (κ3) is 8.67. The van der Waals surface area contributed by atoms with Gasteiger partial charge in [0.25, 0.3) is 0 Å². The molecule has 1 aromatic heterocycles. The van der Waals surface area contributed by atoms with Crippen LogP contribution in [0.4, 0.5) is 5.69 Å². The van der Waals surface area contributed by atoms with Crippen molar-refractivity contribution in [2.45, 2.75) is 103 Å². The zero-order chi connectivity index (χ0) is 32.6. The van der Waals surface area contributed by atoms with Gasteiger partial charge in [-0.1, -0.05) is 19.3 Å². The van der Waals surface area contributed by atoms with Gasteiger partial charge in [-0.15, -0.1) is 0 Å². The van der Waals surface area contributed by atoms with Crippen molar-refractivity contribution in [2.24, 2.45) is 5.73 Å². The number of hydrogen-bond acceptors (Lipinski definition) is 9. The third-order valence-corrected chi connectivity index (χ3v) is 9.24. The Balaban J connectivity index is 1.36. The van der Waals surface area contributed by atoms with Crippen LogP contribution in [0, 0.1) is 10.8 Å². The number of hydrogen-bond donors (Lipinski definition) is 5. The summed E-state index contributed by atoms with van der Waals surface area (Å²) in [5.74, 6) is 1.78. The number of nitrogens with one attached hydrogen (secondary N) is 3. The second-order valence-electron chi connectivity index (χ2n) is 12.6. The molecule has 1 unspecified atom stereocenters. The number of fused-ring (bicyclic) bond motifs is 1. The summed E-state index contributed by atoms with van der Waals surface area (Å²) < 4.78 is 13.7. The van der Waals surface area contributed by atoms with E-state index >= 15 is 0 Å². The number of aliphatic hydroxyl groups is 1. The highest BCUT2D eigenvalue weighted by Crippen LogP contribution is 2.29. The van der Waals surface area contributed by atoms with Crippen molar-refractivity contribution in [3.8, 4) is 5.75 Å². The number of nitrogens with two attached hydrogens (primary N) is 1. The smallest absolute Gasteiger partial charge is 0.325 e. The highest BCUT2D eigenvalue weighted by Gasteiger charge is 2.26. The highest BCUT2D eigenvalue weighted by molar-refractivity contribution is 5.99. The Labute approximate surface area is 272 Å². The van der Waals surface area contributed by atoms with Crippen molar-refractivity contribution in [3.05, 3.63) is 47.1 Å². The molecule has 2 aliphatic carbocycles. The molecule has 0 radical (unpaired) electrons. The van der Waals surface area contributed by atoms with Gasteiger partial charge in [0.15, 0.2) is 0 Å². The second-order valence-corrected chi connectivity index (χ2v) is 12.6. The number of nitrogens with zero attached hydrogens (tertiary/aromatic N) is 4. The molecule has 1 saturated carbocycles. The number of ether oxygens (including phenoxy) is 2. The topological polar surface area (TPSA) is 166 Å². The molecule has 0 amide bonds. The normalized spacial score (nSPS) is 18.0. The largest absolute Gasteiger partial charge is 0.490 e. The molecule has 3 aliphatic rings. The van der Waals surface area contributed by atoms with Crippen molar-refractivity contribution in [1.82, 2.24) is 19.8 Å². The molecule has 12 nitrogen and oxygen atoms in total. The summed E-state index contributed by atoms with van der Waals surface area (Å²) in [4.78, 5) is 21.8. The highest BCUT2D eigenvalue weighted by atomic mass is 16.5. The Morgan fingerprint density at radius 1 is 1.13 bits per heavy atom. The number of piperidine rings is 1. The molecule has 1 aliphatic heterocycles. The maximum absolute atomic E-state index is 12.8. The fraction of sp³-hybridized carbons (Fsp3) is 0.588. The number of likely N-dealkylation sites (tertiary alicyclic amines) is 1. The van der Waals surface area contributed by atoms with E-state index in [0.717, 1.165) is 67.2 Å². The maximum Gasteiger partial charge on any atom is 0.325 e. The van der Waals surface area contributed by atoms with Crippen LogP contribution in [0.2, 0.25) is 0 Å². The van der Waals surface area contributed by atoms with Crippen LogP contribution in [0.15, 0.2) is 29.8 Å². The van der Waals surface area contributed by atoms with Gasteiger partial charge in [-0.05, 0) is 75.4 Å². The van der Waals surface area contributed by atoms with Crippen LogP contribution >= 0.6 is 0 Å². The summed E-state index contributed by atoms with van der Waals surface area (Å²) in [7, 11) is 0. The number of aliphatic hydroxyl groups excluding tert-OH is 1. The summed E-state index contributed by atoms with van der Waals surface area (Å²) in [6.45, 7) is 6.20. The van der Waals surface area contributed by atoms with Crippen LogP contribution in [-0.2, 0) is 29.0 Å². The van der Waals surface area contributed by atoms with E-state index in [9.17, 15) is 9.90 Å². The summed E-state index contributed by atoms with van der Waals surface area (Å²) in [5.41, 5.74) is 9.15. The number of rotatable bonds is 13. The molecule has 1 saturated heterocycles. The van der Waals surface area contributed by atoms with Crippen molar-refractivity contribution in [3.63, 3.8) is 0 Å². The van der Waals surface area contributed by atoms with Gasteiger partial charge in [0.05, 0.1) is 31.2 Å². The first kappa shape index (κ1) is 33.5. The molecular formula is C34H50N8O4. The number of amidine groups is 2. The van der Waals surface area contributed by atoms with Gasteiger partial charge in [-0.2, -0.15) is 0 Å². The monoisotopic (exact) mass is 634 g/mol. The molecule has 5 rings (SSSR count). The Morgan fingerprint density at radius 2 is 1.85 bits per heavy atom. The van der Waals surface area contributed by atoms with Crippen LogP contribution in [0.3, 0.4) is 0 Å². The number of aromatic nitrogens is 2. The molecule has 6 N–H and O–H groups in total. The van der Waals surface area contributed by atoms with Crippen molar-refractivity contribution >= 4 is 29.4 Å². The fourth-order valence-corrected chi connectivity index (χ4v) is 6.75. The molecule has 1 atom stereocenters. The average Bonchev–Trinajstić information content (AvgIpc) is 3.37. The van der Waals surface area contributed by atoms with Gasteiger partial charge in [0.1, 0.15) is 36.3 Å². The van der Waals surface area contributed by atoms with E-state index in [1.54, 1.807) is 6.92 Å². The van der Waals surface area contributed by atoms with Crippen LogP contribution in [0.5, 0.6) is 5.75 Å². The molecule has 2 heterocycles. The molecule has 12 heteroatoms. The first-order valence-corrected chi connectivity index (χ1v) is 16.7. The summed E-state index contributed by atoms with van der Waals surface area (Å²) in [5, 5.41) is 30.4. The Bertz CT molecular complexity index is 1390. The van der Waals surface area contributed by atoms with Gasteiger partial charge in [0.2, 0.25) is 0 Å². The van der Waals surface area contributed by atoms with E-state index in [2.05, 4.69) is 14.8 Å². The number of benzene rings is 1. The first-order valence-electron chi connectivity index (χ1n) is 16.7. The van der Waals surface area contributed by atoms with Crippen LogP contribution in [-0.4, -0.2) is 81.8 Å². The van der Waals surface area contributed by atoms with Gasteiger partial charge in [0, 0.05) is 43.4 Å². The van der Waals surface area contributed by atoms with Gasteiger partial charge < -0.3 is 34.7 Å². The Hall–Kier alpha value is -3.90. The minimum atomic E-state index is -0.747. The lowest BCUT2D eigenvalue weighted by Gasteiger charge is -2.33. The van der Waals surface area contributed by atoms with Crippen molar-refractivity contribution in [2.75, 3.05) is 31.1 Å². The Morgan fingerprint density at radius 3 is 2.50 bits per heavy atom. The first-order chi connectivity index (χ1) is 22.2. The molecule has 0 spiro atoms. The fourth-order valence-electron chi connectivity index (χ4n) is 6.75. The summed E-state index contributed by atoms with van der Waals surface area (Å²) in [6, 6.07) is 8.06. The van der Waals surface area contributed by atoms with Crippen LogP contribution in [0.1, 0.15) is 82.4 Å². The average molecular weight is 635 g/mol. The maximum atomic E-state index is 12.8. The second kappa shape index (κ2) is 15.6. The number of carbonyl (C=O) groups excluding carboxylic acids is 1. The molecule has 2 fully saturated rings. The van der Waals surface area contributed by atoms with Crippen molar-refractivity contribution in [1.29, 1.82) is 10.8 Å². The number of anilines is 1. The summed E-state index contributed by atoms with van der Waals surface area (Å²) in [6.07, 6.45) is 9.95. The Kier molecular flexibility index (Phi) is 11.3. The predicted molar refractivity (Wildman–Crippen MR) is 179 cm³/mol. The number of esters is 1.